The average molecular weight is 220 g/mol. The fourth-order valence-electron chi connectivity index (χ4n) is 1.95. The zero-order valence-corrected chi connectivity index (χ0v) is 9.31. The highest BCUT2D eigenvalue weighted by Crippen LogP contribution is 2.19. The van der Waals surface area contributed by atoms with Crippen LogP contribution in [0.3, 0.4) is 0 Å². The maximum atomic E-state index is 12.1. The number of nitrogen functional groups attached to an aromatic ring is 1. The summed E-state index contributed by atoms with van der Waals surface area (Å²) in [6.45, 7) is 2.94. The lowest BCUT2D eigenvalue weighted by molar-refractivity contribution is 0.0766. The first-order valence-electron chi connectivity index (χ1n) is 5.41. The Balaban J connectivity index is 2.23. The van der Waals surface area contributed by atoms with Crippen molar-refractivity contribution in [2.45, 2.75) is 19.4 Å². The maximum Gasteiger partial charge on any atom is 0.256 e. The van der Waals surface area contributed by atoms with Crippen LogP contribution in [0.15, 0.2) is 18.2 Å². The van der Waals surface area contributed by atoms with E-state index in [0.717, 1.165) is 5.56 Å². The Hall–Kier alpha value is -1.55. The SMILES string of the molecule is Cc1ccc(N)c(C(=O)N2CC[C@@H](O)C2)c1. The van der Waals surface area contributed by atoms with Gasteiger partial charge in [0.05, 0.1) is 11.7 Å². The Morgan fingerprint density at radius 2 is 2.31 bits per heavy atom. The molecule has 4 nitrogen and oxygen atoms in total. The van der Waals surface area contributed by atoms with Gasteiger partial charge in [0.25, 0.3) is 5.91 Å². The van der Waals surface area contributed by atoms with Crippen LogP contribution in [0.2, 0.25) is 0 Å². The van der Waals surface area contributed by atoms with E-state index in [9.17, 15) is 9.90 Å². The van der Waals surface area contributed by atoms with Crippen molar-refractivity contribution < 1.29 is 9.90 Å². The van der Waals surface area contributed by atoms with Gasteiger partial charge in [-0.05, 0) is 25.5 Å². The third-order valence-electron chi connectivity index (χ3n) is 2.89. The summed E-state index contributed by atoms with van der Waals surface area (Å²) >= 11 is 0. The predicted octanol–water partition coefficient (Wildman–Crippen LogP) is 0.784. The Kier molecular flexibility index (Phi) is 2.83. The highest BCUT2D eigenvalue weighted by molar-refractivity contribution is 5.99. The second-order valence-corrected chi connectivity index (χ2v) is 4.28. The molecule has 2 rings (SSSR count). The molecule has 1 aromatic rings. The summed E-state index contributed by atoms with van der Waals surface area (Å²) in [7, 11) is 0. The van der Waals surface area contributed by atoms with Crippen LogP contribution in [-0.2, 0) is 0 Å². The normalized spacial score (nSPS) is 20.1. The van der Waals surface area contributed by atoms with Crippen molar-refractivity contribution in [3.05, 3.63) is 29.3 Å². The van der Waals surface area contributed by atoms with Crippen LogP contribution in [0, 0.1) is 6.92 Å². The number of aryl methyl sites for hydroxylation is 1. The molecule has 86 valence electrons. The van der Waals surface area contributed by atoms with Gasteiger partial charge in [0.15, 0.2) is 0 Å². The summed E-state index contributed by atoms with van der Waals surface area (Å²) in [6.07, 6.45) is 0.257. The quantitative estimate of drug-likeness (QED) is 0.687. The Morgan fingerprint density at radius 1 is 1.56 bits per heavy atom. The molecule has 0 saturated carbocycles. The van der Waals surface area contributed by atoms with Crippen molar-refractivity contribution in [1.82, 2.24) is 4.90 Å². The molecule has 1 aliphatic rings. The minimum Gasteiger partial charge on any atom is -0.398 e. The van der Waals surface area contributed by atoms with Crippen molar-refractivity contribution in [2.75, 3.05) is 18.8 Å². The molecule has 0 spiro atoms. The average Bonchev–Trinajstić information content (AvgIpc) is 2.67. The second kappa shape index (κ2) is 4.14. The maximum absolute atomic E-state index is 12.1. The molecule has 1 amide bonds. The van der Waals surface area contributed by atoms with Gasteiger partial charge >= 0.3 is 0 Å². The highest BCUT2D eigenvalue weighted by Gasteiger charge is 2.26. The number of aliphatic hydroxyl groups is 1. The van der Waals surface area contributed by atoms with Gasteiger partial charge in [-0.1, -0.05) is 11.6 Å². The number of hydrogen-bond donors (Lipinski definition) is 2. The Bertz CT molecular complexity index is 417. The van der Waals surface area contributed by atoms with Crippen LogP contribution in [0.25, 0.3) is 0 Å². The number of nitrogens with two attached hydrogens (primary N) is 1. The van der Waals surface area contributed by atoms with Gasteiger partial charge in [0.2, 0.25) is 0 Å². The molecule has 1 fully saturated rings. The van der Waals surface area contributed by atoms with E-state index in [0.29, 0.717) is 30.8 Å². The van der Waals surface area contributed by atoms with Crippen molar-refractivity contribution in [3.63, 3.8) is 0 Å². The van der Waals surface area contributed by atoms with E-state index in [1.165, 1.54) is 0 Å². The van der Waals surface area contributed by atoms with Crippen molar-refractivity contribution >= 4 is 11.6 Å². The van der Waals surface area contributed by atoms with E-state index in [1.54, 1.807) is 17.0 Å². The number of aliphatic hydroxyl groups excluding tert-OH is 1. The van der Waals surface area contributed by atoms with Gasteiger partial charge < -0.3 is 15.7 Å². The lowest BCUT2D eigenvalue weighted by Gasteiger charge is -2.17. The molecular formula is C12H16N2O2. The highest BCUT2D eigenvalue weighted by atomic mass is 16.3. The van der Waals surface area contributed by atoms with Crippen LogP contribution in [0.5, 0.6) is 0 Å². The molecule has 3 N–H and O–H groups in total. The number of nitrogens with zero attached hydrogens (tertiary/aromatic N) is 1. The lowest BCUT2D eigenvalue weighted by atomic mass is 10.1. The van der Waals surface area contributed by atoms with Crippen molar-refractivity contribution in [1.29, 1.82) is 0 Å². The van der Waals surface area contributed by atoms with Gasteiger partial charge in [0, 0.05) is 18.8 Å². The first kappa shape index (κ1) is 11.0. The molecule has 1 heterocycles. The molecule has 16 heavy (non-hydrogen) atoms. The first-order chi connectivity index (χ1) is 7.58. The molecule has 0 aromatic heterocycles. The molecule has 0 aliphatic carbocycles. The number of hydrogen-bond acceptors (Lipinski definition) is 3. The van der Waals surface area contributed by atoms with E-state index in [1.807, 2.05) is 13.0 Å². The molecule has 0 radical (unpaired) electrons. The van der Waals surface area contributed by atoms with Crippen molar-refractivity contribution in [3.8, 4) is 0 Å². The van der Waals surface area contributed by atoms with Crippen LogP contribution in [0.4, 0.5) is 5.69 Å². The van der Waals surface area contributed by atoms with Crippen LogP contribution in [-0.4, -0.2) is 35.1 Å². The summed E-state index contributed by atoms with van der Waals surface area (Å²) in [6, 6.07) is 5.42. The first-order valence-corrected chi connectivity index (χ1v) is 5.41. The molecule has 1 saturated heterocycles. The minimum absolute atomic E-state index is 0.0854. The van der Waals surface area contributed by atoms with E-state index in [2.05, 4.69) is 0 Å². The zero-order chi connectivity index (χ0) is 11.7. The van der Waals surface area contributed by atoms with Gasteiger partial charge in [0.1, 0.15) is 0 Å². The zero-order valence-electron chi connectivity index (χ0n) is 9.31. The molecule has 0 bridgehead atoms. The predicted molar refractivity (Wildman–Crippen MR) is 62.1 cm³/mol. The summed E-state index contributed by atoms with van der Waals surface area (Å²) < 4.78 is 0. The number of amides is 1. The van der Waals surface area contributed by atoms with Gasteiger partial charge in [-0.25, -0.2) is 0 Å². The monoisotopic (exact) mass is 220 g/mol. The molecule has 4 heteroatoms. The number of benzene rings is 1. The number of carbonyl (C=O) groups excluding carboxylic acids is 1. The third-order valence-corrected chi connectivity index (χ3v) is 2.89. The third kappa shape index (κ3) is 2.02. The lowest BCUT2D eigenvalue weighted by Crippen LogP contribution is -2.30. The van der Waals surface area contributed by atoms with E-state index < -0.39 is 6.10 Å². The van der Waals surface area contributed by atoms with Crippen LogP contribution < -0.4 is 5.73 Å². The number of carbonyl (C=O) groups is 1. The summed E-state index contributed by atoms with van der Waals surface area (Å²) in [4.78, 5) is 13.7. The van der Waals surface area contributed by atoms with E-state index in [-0.39, 0.29) is 5.91 Å². The second-order valence-electron chi connectivity index (χ2n) is 4.28. The van der Waals surface area contributed by atoms with E-state index >= 15 is 0 Å². The smallest absolute Gasteiger partial charge is 0.256 e. The van der Waals surface area contributed by atoms with Crippen LogP contribution >= 0.6 is 0 Å². The molecule has 1 aromatic carbocycles. The fourth-order valence-corrected chi connectivity index (χ4v) is 1.95. The number of β-amino-alcohol motifs (C(OH)–C–C–N with tert-alkyl or cyclic N) is 1. The molecular weight excluding hydrogens is 204 g/mol. The van der Waals surface area contributed by atoms with Gasteiger partial charge in [-0.3, -0.25) is 4.79 Å². The number of likely N-dealkylation sites (tertiary alicyclic amines) is 1. The fraction of sp³-hybridized carbons (Fsp3) is 0.417. The molecule has 1 aliphatic heterocycles. The van der Waals surface area contributed by atoms with E-state index in [4.69, 9.17) is 5.73 Å². The Morgan fingerprint density at radius 3 is 2.94 bits per heavy atom. The number of anilines is 1. The summed E-state index contributed by atoms with van der Waals surface area (Å²) in [5.74, 6) is -0.0854. The van der Waals surface area contributed by atoms with Crippen LogP contribution in [0.1, 0.15) is 22.3 Å². The summed E-state index contributed by atoms with van der Waals surface area (Å²) in [5, 5.41) is 9.39. The van der Waals surface area contributed by atoms with Crippen molar-refractivity contribution in [2.24, 2.45) is 0 Å². The van der Waals surface area contributed by atoms with Gasteiger partial charge in [-0.2, -0.15) is 0 Å². The largest absolute Gasteiger partial charge is 0.398 e. The van der Waals surface area contributed by atoms with Gasteiger partial charge in [-0.15, -0.1) is 0 Å². The number of rotatable bonds is 1. The molecule has 1 atom stereocenters. The topological polar surface area (TPSA) is 66.6 Å². The Labute approximate surface area is 94.7 Å². The standard InChI is InChI=1S/C12H16N2O2/c1-8-2-3-11(13)10(6-8)12(16)14-5-4-9(15)7-14/h2-3,6,9,15H,4-5,7,13H2,1H3/t9-/m1/s1. The summed E-state index contributed by atoms with van der Waals surface area (Å²) in [5.41, 5.74) is 7.83. The molecule has 0 unspecified atom stereocenters. The minimum atomic E-state index is -0.394.